The largest absolute Gasteiger partial charge is 0.534 e. The summed E-state index contributed by atoms with van der Waals surface area (Å²) in [5, 5.41) is 0. The Bertz CT molecular complexity index is 687. The fourth-order valence-corrected chi connectivity index (χ4v) is 1.99. The molecule has 25 heavy (non-hydrogen) atoms. The molecule has 0 N–H and O–H groups in total. The molecular weight excluding hydrogens is 381 g/mol. The SMILES string of the molecule is CC(C)(C)Oc1ccc(OS(=O)(=O)C(F)(F)F)cc1OC(C)(C)C.S. The number of rotatable bonds is 4. The van der Waals surface area contributed by atoms with E-state index in [4.69, 9.17) is 9.47 Å². The van der Waals surface area contributed by atoms with E-state index in [0.29, 0.717) is 0 Å². The number of alkyl halides is 3. The highest BCUT2D eigenvalue weighted by molar-refractivity contribution is 7.88. The molecule has 1 aromatic carbocycles. The van der Waals surface area contributed by atoms with Gasteiger partial charge in [-0.25, -0.2) is 0 Å². The third-order valence-corrected chi connectivity index (χ3v) is 3.22. The average Bonchev–Trinajstić information content (AvgIpc) is 2.27. The van der Waals surface area contributed by atoms with Crippen molar-refractivity contribution in [3.63, 3.8) is 0 Å². The molecule has 0 aliphatic rings. The Morgan fingerprint density at radius 3 is 1.68 bits per heavy atom. The van der Waals surface area contributed by atoms with Gasteiger partial charge in [0.2, 0.25) is 0 Å². The Labute approximate surface area is 153 Å². The molecule has 146 valence electrons. The van der Waals surface area contributed by atoms with E-state index in [1.54, 1.807) is 41.5 Å². The van der Waals surface area contributed by atoms with Crippen molar-refractivity contribution < 1.29 is 35.2 Å². The summed E-state index contributed by atoms with van der Waals surface area (Å²) >= 11 is 0. The van der Waals surface area contributed by atoms with Crippen molar-refractivity contribution in [3.05, 3.63) is 18.2 Å². The second kappa shape index (κ2) is 7.53. The highest BCUT2D eigenvalue weighted by Crippen LogP contribution is 2.37. The van der Waals surface area contributed by atoms with Gasteiger partial charge in [-0.05, 0) is 53.7 Å². The summed E-state index contributed by atoms with van der Waals surface area (Å²) in [7, 11) is -5.76. The van der Waals surface area contributed by atoms with Crippen LogP contribution in [0.4, 0.5) is 13.2 Å². The molecule has 0 heterocycles. The minimum Gasteiger partial charge on any atom is -0.484 e. The second-order valence-electron chi connectivity index (χ2n) is 7.02. The first-order chi connectivity index (χ1) is 10.5. The van der Waals surface area contributed by atoms with Gasteiger partial charge in [-0.15, -0.1) is 0 Å². The minimum absolute atomic E-state index is 0. The second-order valence-corrected chi connectivity index (χ2v) is 8.56. The molecule has 0 unspecified atom stereocenters. The molecule has 1 aromatic rings. The maximum atomic E-state index is 12.4. The van der Waals surface area contributed by atoms with Gasteiger partial charge < -0.3 is 13.7 Å². The summed E-state index contributed by atoms with van der Waals surface area (Å²) in [6.45, 7) is 10.5. The molecule has 0 atom stereocenters. The zero-order chi connectivity index (χ0) is 19.0. The van der Waals surface area contributed by atoms with Gasteiger partial charge in [0, 0.05) is 6.07 Å². The van der Waals surface area contributed by atoms with Crippen LogP contribution < -0.4 is 13.7 Å². The van der Waals surface area contributed by atoms with E-state index >= 15 is 0 Å². The van der Waals surface area contributed by atoms with Crippen molar-refractivity contribution in [2.45, 2.75) is 58.3 Å². The van der Waals surface area contributed by atoms with Crippen LogP contribution in [-0.4, -0.2) is 25.1 Å². The molecule has 0 aromatic heterocycles. The first kappa shape index (κ1) is 23.7. The molecule has 0 bridgehead atoms. The topological polar surface area (TPSA) is 61.8 Å². The predicted molar refractivity (Wildman–Crippen MR) is 93.2 cm³/mol. The number of halogens is 3. The van der Waals surface area contributed by atoms with Crippen LogP contribution >= 0.6 is 13.5 Å². The number of ether oxygens (including phenoxy) is 2. The summed E-state index contributed by atoms with van der Waals surface area (Å²) in [5.41, 5.74) is -6.79. The van der Waals surface area contributed by atoms with Gasteiger partial charge >= 0.3 is 15.6 Å². The lowest BCUT2D eigenvalue weighted by Gasteiger charge is -2.27. The van der Waals surface area contributed by atoms with Gasteiger partial charge in [-0.1, -0.05) is 0 Å². The first-order valence-corrected chi connectivity index (χ1v) is 8.44. The summed E-state index contributed by atoms with van der Waals surface area (Å²) in [6.07, 6.45) is 0. The van der Waals surface area contributed by atoms with Gasteiger partial charge in [-0.2, -0.15) is 35.1 Å². The van der Waals surface area contributed by atoms with E-state index in [1.165, 1.54) is 6.07 Å². The van der Waals surface area contributed by atoms with E-state index in [0.717, 1.165) is 12.1 Å². The van der Waals surface area contributed by atoms with E-state index < -0.39 is 32.6 Å². The van der Waals surface area contributed by atoms with Crippen LogP contribution in [0.2, 0.25) is 0 Å². The standard InChI is InChI=1S/C15H21F3O5S.H2S/c1-13(2,3)21-11-8-7-10(9-12(11)22-14(4,5)6)23-24(19,20)15(16,17)18;/h7-9H,1-6H3;1H2. The zero-order valence-electron chi connectivity index (χ0n) is 14.8. The van der Waals surface area contributed by atoms with Crippen molar-refractivity contribution in [2.24, 2.45) is 0 Å². The maximum Gasteiger partial charge on any atom is 0.534 e. The van der Waals surface area contributed by atoms with Crippen molar-refractivity contribution in [2.75, 3.05) is 0 Å². The molecular formula is C15H23F3O5S2. The lowest BCUT2D eigenvalue weighted by atomic mass is 10.1. The van der Waals surface area contributed by atoms with Crippen molar-refractivity contribution >= 4 is 23.6 Å². The molecule has 0 saturated carbocycles. The first-order valence-electron chi connectivity index (χ1n) is 7.03. The van der Waals surface area contributed by atoms with E-state index in [9.17, 15) is 21.6 Å². The highest BCUT2D eigenvalue weighted by atomic mass is 32.2. The van der Waals surface area contributed by atoms with Crippen molar-refractivity contribution in [3.8, 4) is 17.2 Å². The predicted octanol–water partition coefficient (Wildman–Crippen LogP) is 4.38. The molecule has 0 aliphatic carbocycles. The Hall–Kier alpha value is -1.29. The summed E-state index contributed by atoms with van der Waals surface area (Å²) in [4.78, 5) is 0. The zero-order valence-corrected chi connectivity index (χ0v) is 16.6. The van der Waals surface area contributed by atoms with Crippen LogP contribution in [0.25, 0.3) is 0 Å². The Morgan fingerprint density at radius 1 is 0.840 bits per heavy atom. The molecule has 0 fully saturated rings. The Morgan fingerprint density at radius 2 is 1.28 bits per heavy atom. The Balaban J connectivity index is 0.00000576. The minimum atomic E-state index is -5.76. The third-order valence-electron chi connectivity index (χ3n) is 2.24. The average molecular weight is 404 g/mol. The molecule has 0 spiro atoms. The van der Waals surface area contributed by atoms with Crippen LogP contribution in [-0.2, 0) is 10.1 Å². The molecule has 0 amide bonds. The molecule has 0 saturated heterocycles. The van der Waals surface area contributed by atoms with E-state index in [-0.39, 0.29) is 25.0 Å². The smallest absolute Gasteiger partial charge is 0.484 e. The normalized spacial score (nSPS) is 13.0. The Kier molecular flexibility index (Phi) is 7.14. The van der Waals surface area contributed by atoms with Gasteiger partial charge in [0.1, 0.15) is 17.0 Å². The van der Waals surface area contributed by atoms with Gasteiger partial charge in [0.25, 0.3) is 0 Å². The molecule has 1 rings (SSSR count). The van der Waals surface area contributed by atoms with Gasteiger partial charge in [0.15, 0.2) is 11.5 Å². The number of benzene rings is 1. The summed E-state index contributed by atoms with van der Waals surface area (Å²) in [6, 6.07) is 3.42. The van der Waals surface area contributed by atoms with Crippen LogP contribution in [0.5, 0.6) is 17.2 Å². The van der Waals surface area contributed by atoms with Crippen LogP contribution in [0.3, 0.4) is 0 Å². The molecule has 5 nitrogen and oxygen atoms in total. The van der Waals surface area contributed by atoms with E-state index in [2.05, 4.69) is 4.18 Å². The van der Waals surface area contributed by atoms with Crippen molar-refractivity contribution in [1.29, 1.82) is 0 Å². The maximum absolute atomic E-state index is 12.4. The summed E-state index contributed by atoms with van der Waals surface area (Å²) < 4.78 is 74.9. The molecule has 0 aliphatic heterocycles. The van der Waals surface area contributed by atoms with E-state index in [1.807, 2.05) is 0 Å². The highest BCUT2D eigenvalue weighted by Gasteiger charge is 2.48. The molecule has 10 heteroatoms. The van der Waals surface area contributed by atoms with Gasteiger partial charge in [0.05, 0.1) is 0 Å². The number of hydrogen-bond acceptors (Lipinski definition) is 5. The lowest BCUT2D eigenvalue weighted by Crippen LogP contribution is -2.28. The van der Waals surface area contributed by atoms with Gasteiger partial charge in [-0.3, -0.25) is 0 Å². The lowest BCUT2D eigenvalue weighted by molar-refractivity contribution is -0.0500. The molecule has 0 radical (unpaired) electrons. The van der Waals surface area contributed by atoms with Crippen LogP contribution in [0.15, 0.2) is 18.2 Å². The third kappa shape index (κ3) is 7.64. The number of hydrogen-bond donors (Lipinski definition) is 0. The van der Waals surface area contributed by atoms with Crippen LogP contribution in [0.1, 0.15) is 41.5 Å². The quantitative estimate of drug-likeness (QED) is 0.550. The fraction of sp³-hybridized carbons (Fsp3) is 0.600. The fourth-order valence-electron chi connectivity index (χ4n) is 1.54. The monoisotopic (exact) mass is 404 g/mol. The van der Waals surface area contributed by atoms with Crippen LogP contribution in [0, 0.1) is 0 Å². The van der Waals surface area contributed by atoms with Crippen molar-refractivity contribution in [1.82, 2.24) is 0 Å². The summed E-state index contributed by atoms with van der Waals surface area (Å²) in [5.74, 6) is -0.186.